The number of benzene rings is 1. The molecule has 1 rings (SSSR count). The van der Waals surface area contributed by atoms with Crippen LogP contribution in [-0.2, 0) is 20.7 Å². The molecule has 3 amide bonds. The number of primary amides is 1. The molecule has 0 aliphatic rings. The highest BCUT2D eigenvalue weighted by Crippen LogP contribution is 2.28. The standard InChI is InChI=1S/C17H24N2O6/c1-10(2)15(16(21)19-17(18)22)25-14(20)8-6-11-5-7-12(23-3)13(9-11)24-4/h5,7,9-10,15H,6,8H2,1-4H3,(H3,18,19,21,22)/t15-/m0/s1. The van der Waals surface area contributed by atoms with Gasteiger partial charge in [0, 0.05) is 6.42 Å². The van der Waals surface area contributed by atoms with Crippen molar-refractivity contribution in [3.8, 4) is 11.5 Å². The summed E-state index contributed by atoms with van der Waals surface area (Å²) in [6.07, 6.45) is -0.602. The summed E-state index contributed by atoms with van der Waals surface area (Å²) in [6.45, 7) is 3.40. The fourth-order valence-corrected chi connectivity index (χ4v) is 2.17. The van der Waals surface area contributed by atoms with Gasteiger partial charge in [-0.15, -0.1) is 0 Å². The maximum atomic E-state index is 12.0. The van der Waals surface area contributed by atoms with Gasteiger partial charge >= 0.3 is 12.0 Å². The molecule has 3 N–H and O–H groups in total. The van der Waals surface area contributed by atoms with E-state index in [1.54, 1.807) is 26.0 Å². The van der Waals surface area contributed by atoms with Crippen molar-refractivity contribution in [3.63, 3.8) is 0 Å². The second-order valence-electron chi connectivity index (χ2n) is 5.70. The van der Waals surface area contributed by atoms with Gasteiger partial charge in [-0.1, -0.05) is 19.9 Å². The van der Waals surface area contributed by atoms with Gasteiger partial charge in [0.25, 0.3) is 5.91 Å². The van der Waals surface area contributed by atoms with Crippen LogP contribution in [-0.4, -0.2) is 38.2 Å². The van der Waals surface area contributed by atoms with Gasteiger partial charge in [-0.2, -0.15) is 0 Å². The lowest BCUT2D eigenvalue weighted by Crippen LogP contribution is -2.45. The van der Waals surface area contributed by atoms with E-state index in [4.69, 9.17) is 19.9 Å². The van der Waals surface area contributed by atoms with Gasteiger partial charge < -0.3 is 19.9 Å². The molecule has 0 aromatic heterocycles. The molecule has 1 aromatic rings. The number of amides is 3. The van der Waals surface area contributed by atoms with Crippen molar-refractivity contribution in [3.05, 3.63) is 23.8 Å². The van der Waals surface area contributed by atoms with Gasteiger partial charge in [0.05, 0.1) is 14.2 Å². The summed E-state index contributed by atoms with van der Waals surface area (Å²) in [5.41, 5.74) is 5.77. The monoisotopic (exact) mass is 352 g/mol. The van der Waals surface area contributed by atoms with Crippen LogP contribution < -0.4 is 20.5 Å². The SMILES string of the molecule is COc1ccc(CCC(=O)O[C@H](C(=O)NC(N)=O)C(C)C)cc1OC. The second kappa shape index (κ2) is 9.51. The Hall–Kier alpha value is -2.77. The van der Waals surface area contributed by atoms with Crippen LogP contribution in [0.1, 0.15) is 25.8 Å². The third-order valence-corrected chi connectivity index (χ3v) is 3.43. The van der Waals surface area contributed by atoms with Crippen molar-refractivity contribution in [1.82, 2.24) is 5.32 Å². The van der Waals surface area contributed by atoms with Crippen LogP contribution in [0.5, 0.6) is 11.5 Å². The van der Waals surface area contributed by atoms with Gasteiger partial charge in [0.1, 0.15) is 0 Å². The summed E-state index contributed by atoms with van der Waals surface area (Å²) in [7, 11) is 3.07. The normalized spacial score (nSPS) is 11.6. The van der Waals surface area contributed by atoms with Crippen LogP contribution in [0.3, 0.4) is 0 Å². The van der Waals surface area contributed by atoms with Crippen molar-refractivity contribution in [2.75, 3.05) is 14.2 Å². The van der Waals surface area contributed by atoms with Crippen LogP contribution in [0, 0.1) is 5.92 Å². The highest BCUT2D eigenvalue weighted by Gasteiger charge is 2.27. The first-order valence-corrected chi connectivity index (χ1v) is 7.79. The van der Waals surface area contributed by atoms with E-state index in [-0.39, 0.29) is 12.3 Å². The Bertz CT molecular complexity index is 630. The van der Waals surface area contributed by atoms with Gasteiger partial charge in [-0.05, 0) is 30.0 Å². The minimum absolute atomic E-state index is 0.0720. The van der Waals surface area contributed by atoms with Crippen molar-refractivity contribution < 1.29 is 28.6 Å². The molecule has 0 saturated carbocycles. The second-order valence-corrected chi connectivity index (χ2v) is 5.70. The summed E-state index contributed by atoms with van der Waals surface area (Å²) in [4.78, 5) is 34.6. The van der Waals surface area contributed by atoms with E-state index >= 15 is 0 Å². The highest BCUT2D eigenvalue weighted by molar-refractivity contribution is 5.96. The lowest BCUT2D eigenvalue weighted by Gasteiger charge is -2.19. The number of imide groups is 1. The topological polar surface area (TPSA) is 117 Å². The molecule has 0 fully saturated rings. The molecule has 138 valence electrons. The zero-order valence-corrected chi connectivity index (χ0v) is 14.8. The molecule has 0 aliphatic heterocycles. The fourth-order valence-electron chi connectivity index (χ4n) is 2.17. The van der Waals surface area contributed by atoms with E-state index in [1.165, 1.54) is 14.2 Å². The van der Waals surface area contributed by atoms with Gasteiger partial charge in [0.15, 0.2) is 17.6 Å². The molecule has 0 bridgehead atoms. The van der Waals surface area contributed by atoms with Crippen LogP contribution in [0.25, 0.3) is 0 Å². The largest absolute Gasteiger partial charge is 0.493 e. The molecular weight excluding hydrogens is 328 g/mol. The van der Waals surface area contributed by atoms with E-state index in [9.17, 15) is 14.4 Å². The molecule has 8 heteroatoms. The van der Waals surface area contributed by atoms with Crippen LogP contribution in [0.2, 0.25) is 0 Å². The number of urea groups is 1. The highest BCUT2D eigenvalue weighted by atomic mass is 16.5. The smallest absolute Gasteiger partial charge is 0.318 e. The number of nitrogens with two attached hydrogens (primary N) is 1. The number of aryl methyl sites for hydroxylation is 1. The predicted octanol–water partition coefficient (Wildman–Crippen LogP) is 1.40. The quantitative estimate of drug-likeness (QED) is 0.683. The summed E-state index contributed by atoms with van der Waals surface area (Å²) >= 11 is 0. The Morgan fingerprint density at radius 1 is 1.12 bits per heavy atom. The van der Waals surface area contributed by atoms with E-state index in [0.717, 1.165) is 5.56 Å². The molecule has 0 saturated heterocycles. The Kier molecular flexibility index (Phi) is 7.71. The lowest BCUT2D eigenvalue weighted by molar-refractivity contribution is -0.158. The zero-order valence-electron chi connectivity index (χ0n) is 14.8. The molecule has 0 radical (unpaired) electrons. The number of carbonyl (C=O) groups excluding carboxylic acids is 3. The Morgan fingerprint density at radius 3 is 2.28 bits per heavy atom. The number of esters is 1. The molecular formula is C17H24N2O6. The zero-order chi connectivity index (χ0) is 19.0. The maximum Gasteiger partial charge on any atom is 0.318 e. The molecule has 25 heavy (non-hydrogen) atoms. The fraction of sp³-hybridized carbons (Fsp3) is 0.471. The summed E-state index contributed by atoms with van der Waals surface area (Å²) in [5, 5.41) is 1.92. The number of hydrogen-bond acceptors (Lipinski definition) is 6. The molecule has 1 aromatic carbocycles. The Labute approximate surface area is 146 Å². The van der Waals surface area contributed by atoms with E-state index in [1.807, 2.05) is 11.4 Å². The van der Waals surface area contributed by atoms with Crippen molar-refractivity contribution in [2.24, 2.45) is 11.7 Å². The summed E-state index contributed by atoms with van der Waals surface area (Å²) < 4.78 is 15.5. The summed E-state index contributed by atoms with van der Waals surface area (Å²) in [5.74, 6) is -0.425. The first-order chi connectivity index (χ1) is 11.8. The Morgan fingerprint density at radius 2 is 1.76 bits per heavy atom. The molecule has 0 heterocycles. The number of hydrogen-bond donors (Lipinski definition) is 2. The molecule has 0 unspecified atom stereocenters. The minimum Gasteiger partial charge on any atom is -0.493 e. The summed E-state index contributed by atoms with van der Waals surface area (Å²) in [6, 6.07) is 4.34. The first kappa shape index (κ1) is 20.3. The molecule has 0 aliphatic carbocycles. The van der Waals surface area contributed by atoms with Gasteiger partial charge in [-0.3, -0.25) is 14.9 Å². The maximum absolute atomic E-state index is 12.0. The number of nitrogens with one attached hydrogen (secondary N) is 1. The lowest BCUT2D eigenvalue weighted by atomic mass is 10.1. The first-order valence-electron chi connectivity index (χ1n) is 7.79. The number of carbonyl (C=O) groups is 3. The average Bonchev–Trinajstić information content (AvgIpc) is 2.56. The van der Waals surface area contributed by atoms with Crippen molar-refractivity contribution in [1.29, 1.82) is 0 Å². The molecule has 1 atom stereocenters. The molecule has 0 spiro atoms. The van der Waals surface area contributed by atoms with E-state index in [2.05, 4.69) is 0 Å². The van der Waals surface area contributed by atoms with E-state index in [0.29, 0.717) is 17.9 Å². The van der Waals surface area contributed by atoms with Gasteiger partial charge in [-0.25, -0.2) is 4.79 Å². The van der Waals surface area contributed by atoms with Crippen LogP contribution >= 0.6 is 0 Å². The van der Waals surface area contributed by atoms with E-state index < -0.39 is 24.0 Å². The average molecular weight is 352 g/mol. The number of methoxy groups -OCH3 is 2. The van der Waals surface area contributed by atoms with Crippen molar-refractivity contribution in [2.45, 2.75) is 32.8 Å². The van der Waals surface area contributed by atoms with Gasteiger partial charge in [0.2, 0.25) is 0 Å². The minimum atomic E-state index is -1.08. The number of rotatable bonds is 8. The predicted molar refractivity (Wildman–Crippen MR) is 90.3 cm³/mol. The van der Waals surface area contributed by atoms with Crippen molar-refractivity contribution >= 4 is 17.9 Å². The van der Waals surface area contributed by atoms with Crippen LogP contribution in [0.15, 0.2) is 18.2 Å². The molecule has 8 nitrogen and oxygen atoms in total. The van der Waals surface area contributed by atoms with Crippen LogP contribution in [0.4, 0.5) is 4.79 Å². The third kappa shape index (κ3) is 6.33. The number of ether oxygens (including phenoxy) is 3. The Balaban J connectivity index is 2.66. The third-order valence-electron chi connectivity index (χ3n) is 3.43.